The highest BCUT2D eigenvalue weighted by Crippen LogP contribution is 2.35. The highest BCUT2D eigenvalue weighted by molar-refractivity contribution is 5.84. The lowest BCUT2D eigenvalue weighted by Crippen LogP contribution is -2.42. The molecule has 1 aliphatic heterocycles. The molecule has 11 nitrogen and oxygen atoms in total. The number of benzene rings is 2. The van der Waals surface area contributed by atoms with Gasteiger partial charge in [0.15, 0.2) is 17.0 Å². The first-order valence-electron chi connectivity index (χ1n) is 15.2. The number of nitrogens with two attached hydrogens (primary N) is 1. The summed E-state index contributed by atoms with van der Waals surface area (Å²) in [6.45, 7) is 3.82. The largest absolute Gasteiger partial charge is 0.388 e. The monoisotopic (exact) mass is 584 g/mol. The Bertz CT molecular complexity index is 1480. The van der Waals surface area contributed by atoms with Crippen LogP contribution in [0.4, 0.5) is 11.8 Å². The van der Waals surface area contributed by atoms with E-state index in [-0.39, 0.29) is 17.9 Å². The Hall–Kier alpha value is -4.06. The van der Waals surface area contributed by atoms with Crippen LogP contribution in [-0.2, 0) is 4.79 Å². The van der Waals surface area contributed by atoms with Gasteiger partial charge in [0.2, 0.25) is 11.9 Å². The molecule has 1 unspecified atom stereocenters. The molecule has 43 heavy (non-hydrogen) atoms. The average Bonchev–Trinajstić information content (AvgIpc) is 3.58. The number of piperidine rings is 1. The Morgan fingerprint density at radius 1 is 1.00 bits per heavy atom. The van der Waals surface area contributed by atoms with Crippen molar-refractivity contribution in [3.8, 4) is 0 Å². The molecule has 2 aromatic heterocycles. The van der Waals surface area contributed by atoms with Gasteiger partial charge in [-0.25, -0.2) is 4.98 Å². The minimum Gasteiger partial charge on any atom is -0.388 e. The highest BCUT2D eigenvalue weighted by atomic mass is 16.3. The third-order valence-corrected chi connectivity index (χ3v) is 8.79. The van der Waals surface area contributed by atoms with Crippen LogP contribution in [0.1, 0.15) is 55.7 Å². The molecule has 2 aliphatic rings. The molecule has 1 saturated carbocycles. The molecule has 0 bridgehead atoms. The molecule has 3 heterocycles. The zero-order valence-electron chi connectivity index (χ0n) is 24.4. The Morgan fingerprint density at radius 2 is 1.65 bits per heavy atom. The van der Waals surface area contributed by atoms with Gasteiger partial charge in [0, 0.05) is 38.0 Å². The number of nitrogens with one attached hydrogen (secondary N) is 2. The second-order valence-electron chi connectivity index (χ2n) is 11.6. The van der Waals surface area contributed by atoms with Crippen LogP contribution in [0.2, 0.25) is 0 Å². The van der Waals surface area contributed by atoms with Crippen LogP contribution in [0, 0.1) is 0 Å². The van der Waals surface area contributed by atoms with Gasteiger partial charge in [0.1, 0.15) is 12.2 Å². The van der Waals surface area contributed by atoms with E-state index in [4.69, 9.17) is 20.7 Å². The van der Waals surface area contributed by atoms with Gasteiger partial charge in [-0.1, -0.05) is 67.6 Å². The van der Waals surface area contributed by atoms with E-state index in [0.29, 0.717) is 42.3 Å². The average molecular weight is 585 g/mol. The van der Waals surface area contributed by atoms with E-state index in [1.165, 1.54) is 11.1 Å². The molecule has 6 N–H and O–H groups in total. The zero-order valence-corrected chi connectivity index (χ0v) is 24.4. The SMILES string of the molecule is CCC(=O)N[C@H]1CC(n2cnc3c(NCC(c4ccccc4)c4ccccc4)nc(N4CCC(N)CC4)nc32)[C@H](O)[C@@H]1O. The lowest BCUT2D eigenvalue weighted by atomic mass is 9.91. The van der Waals surface area contributed by atoms with E-state index in [9.17, 15) is 15.0 Å². The number of imidazole rings is 1. The third kappa shape index (κ3) is 6.06. The van der Waals surface area contributed by atoms with Crippen molar-refractivity contribution < 1.29 is 15.0 Å². The Labute approximate surface area is 251 Å². The predicted octanol–water partition coefficient (Wildman–Crippen LogP) is 2.56. The van der Waals surface area contributed by atoms with Crippen molar-refractivity contribution in [3.05, 3.63) is 78.1 Å². The van der Waals surface area contributed by atoms with Gasteiger partial charge in [-0.3, -0.25) is 4.79 Å². The first-order valence-corrected chi connectivity index (χ1v) is 15.2. The minimum absolute atomic E-state index is 0.0701. The van der Waals surface area contributed by atoms with Crippen LogP contribution in [0.3, 0.4) is 0 Å². The number of anilines is 2. The van der Waals surface area contributed by atoms with E-state index in [2.05, 4.69) is 39.8 Å². The maximum atomic E-state index is 12.1. The normalized spacial score (nSPS) is 22.8. The molecule has 0 radical (unpaired) electrons. The molecule has 4 aromatic rings. The number of hydrogen-bond donors (Lipinski definition) is 5. The van der Waals surface area contributed by atoms with E-state index >= 15 is 0 Å². The topological polar surface area (TPSA) is 154 Å². The first-order chi connectivity index (χ1) is 20.9. The molecular weight excluding hydrogens is 544 g/mol. The van der Waals surface area contributed by atoms with Crippen LogP contribution in [0.15, 0.2) is 67.0 Å². The summed E-state index contributed by atoms with van der Waals surface area (Å²) in [6.07, 6.45) is 1.80. The van der Waals surface area contributed by atoms with E-state index < -0.39 is 24.3 Å². The van der Waals surface area contributed by atoms with Crippen molar-refractivity contribution in [2.75, 3.05) is 29.9 Å². The van der Waals surface area contributed by atoms with E-state index in [1.807, 2.05) is 41.0 Å². The predicted molar refractivity (Wildman–Crippen MR) is 166 cm³/mol. The quantitative estimate of drug-likeness (QED) is 0.200. The molecule has 6 rings (SSSR count). The lowest BCUT2D eigenvalue weighted by molar-refractivity contribution is -0.122. The van der Waals surface area contributed by atoms with Crippen molar-refractivity contribution in [3.63, 3.8) is 0 Å². The summed E-state index contributed by atoms with van der Waals surface area (Å²) in [5.41, 5.74) is 9.71. The molecule has 4 atom stereocenters. The molecule has 1 amide bonds. The van der Waals surface area contributed by atoms with Crippen LogP contribution in [0.5, 0.6) is 0 Å². The smallest absolute Gasteiger partial charge is 0.229 e. The van der Waals surface area contributed by atoms with E-state index in [0.717, 1.165) is 25.9 Å². The van der Waals surface area contributed by atoms with Crippen molar-refractivity contribution in [2.45, 2.75) is 68.9 Å². The molecular formula is C32H40N8O3. The summed E-state index contributed by atoms with van der Waals surface area (Å²) in [5, 5.41) is 28.3. The van der Waals surface area contributed by atoms with Crippen LogP contribution < -0.4 is 21.3 Å². The van der Waals surface area contributed by atoms with Crippen molar-refractivity contribution in [1.29, 1.82) is 0 Å². The van der Waals surface area contributed by atoms with Crippen LogP contribution in [0.25, 0.3) is 11.2 Å². The summed E-state index contributed by atoms with van der Waals surface area (Å²) in [4.78, 5) is 28.8. The maximum absolute atomic E-state index is 12.1. The minimum atomic E-state index is -1.10. The number of hydrogen-bond acceptors (Lipinski definition) is 9. The van der Waals surface area contributed by atoms with Gasteiger partial charge in [-0.15, -0.1) is 0 Å². The van der Waals surface area contributed by atoms with Crippen LogP contribution in [-0.4, -0.2) is 79.6 Å². The lowest BCUT2D eigenvalue weighted by Gasteiger charge is -2.30. The fourth-order valence-electron chi connectivity index (χ4n) is 6.25. The van der Waals surface area contributed by atoms with Gasteiger partial charge in [-0.05, 0) is 30.4 Å². The van der Waals surface area contributed by atoms with Gasteiger partial charge in [0.25, 0.3) is 0 Å². The van der Waals surface area contributed by atoms with Crippen molar-refractivity contribution >= 4 is 28.8 Å². The summed E-state index contributed by atoms with van der Waals surface area (Å²) >= 11 is 0. The Kier molecular flexibility index (Phi) is 8.55. The number of amides is 1. The van der Waals surface area contributed by atoms with E-state index in [1.54, 1.807) is 13.3 Å². The number of fused-ring (bicyclic) bond motifs is 1. The first kappa shape index (κ1) is 29.0. The van der Waals surface area contributed by atoms with Gasteiger partial charge < -0.3 is 36.0 Å². The van der Waals surface area contributed by atoms with Gasteiger partial charge >= 0.3 is 0 Å². The summed E-state index contributed by atoms with van der Waals surface area (Å²) in [6, 6.07) is 19.8. The molecule has 0 spiro atoms. The molecule has 1 saturated heterocycles. The highest BCUT2D eigenvalue weighted by Gasteiger charge is 2.43. The zero-order chi connectivity index (χ0) is 29.9. The number of nitrogens with zero attached hydrogens (tertiary/aromatic N) is 5. The number of aromatic nitrogens is 4. The van der Waals surface area contributed by atoms with Crippen LogP contribution >= 0.6 is 0 Å². The van der Waals surface area contributed by atoms with Crippen molar-refractivity contribution in [2.24, 2.45) is 5.73 Å². The summed E-state index contributed by atoms with van der Waals surface area (Å²) in [7, 11) is 0. The number of carbonyl (C=O) groups is 1. The number of aliphatic hydroxyl groups is 2. The standard InChI is InChI=1S/C32H40N8O3/c1-2-26(41)36-24-17-25(29(43)28(24)42)40-19-35-27-30(37-32(38-31(27)40)39-15-13-22(33)14-16-39)34-18-23(20-9-5-3-6-10-20)21-11-7-4-8-12-21/h3-12,19,22-25,28-29,42-43H,2,13-18,33H2,1H3,(H,36,41)(H,34,37,38)/t24-,25?,28+,29-/m0/s1. The Morgan fingerprint density at radius 3 is 2.28 bits per heavy atom. The molecule has 226 valence electrons. The van der Waals surface area contributed by atoms with Crippen molar-refractivity contribution in [1.82, 2.24) is 24.8 Å². The molecule has 2 fully saturated rings. The molecule has 2 aromatic carbocycles. The Balaban J connectivity index is 1.36. The second kappa shape index (κ2) is 12.7. The summed E-state index contributed by atoms with van der Waals surface area (Å²) in [5.74, 6) is 1.08. The fourth-order valence-corrected chi connectivity index (χ4v) is 6.25. The maximum Gasteiger partial charge on any atom is 0.229 e. The number of carbonyl (C=O) groups excluding carboxylic acids is 1. The number of aliphatic hydroxyl groups excluding tert-OH is 2. The second-order valence-corrected chi connectivity index (χ2v) is 11.6. The fraction of sp³-hybridized carbons (Fsp3) is 0.438. The molecule has 11 heteroatoms. The summed E-state index contributed by atoms with van der Waals surface area (Å²) < 4.78 is 1.82. The third-order valence-electron chi connectivity index (χ3n) is 8.79. The number of rotatable bonds is 9. The van der Waals surface area contributed by atoms with Gasteiger partial charge in [-0.2, -0.15) is 9.97 Å². The van der Waals surface area contributed by atoms with Gasteiger partial charge in [0.05, 0.1) is 18.4 Å². The molecule has 1 aliphatic carbocycles.